The number of carbonyl (C=O) groups excluding carboxylic acids is 1. The summed E-state index contributed by atoms with van der Waals surface area (Å²) in [6.07, 6.45) is 2.77. The number of unbranched alkanes of at least 4 members (excludes halogenated alkanes) is 1. The van der Waals surface area contributed by atoms with Gasteiger partial charge in [-0.05, 0) is 48.7 Å². The Hall–Kier alpha value is -2.13. The molecule has 170 valence electrons. The van der Waals surface area contributed by atoms with Gasteiger partial charge in [-0.25, -0.2) is 13.1 Å². The molecule has 0 unspecified atom stereocenters. The van der Waals surface area contributed by atoms with E-state index >= 15 is 0 Å². The Morgan fingerprint density at radius 2 is 1.77 bits per heavy atom. The molecule has 0 saturated carbocycles. The third-order valence-electron chi connectivity index (χ3n) is 4.49. The lowest BCUT2D eigenvalue weighted by Crippen LogP contribution is -2.27. The van der Waals surface area contributed by atoms with Crippen molar-refractivity contribution in [1.82, 2.24) is 10.0 Å². The molecular weight excluding hydrogens is 440 g/mol. The highest BCUT2D eigenvalue weighted by Crippen LogP contribution is 2.25. The summed E-state index contributed by atoms with van der Waals surface area (Å²) < 4.78 is 38.9. The summed E-state index contributed by atoms with van der Waals surface area (Å²) in [7, 11) is -2.53. The van der Waals surface area contributed by atoms with Gasteiger partial charge >= 0.3 is 0 Å². The highest BCUT2D eigenvalue weighted by atomic mass is 35.5. The first kappa shape index (κ1) is 25.1. The van der Waals surface area contributed by atoms with Gasteiger partial charge < -0.3 is 14.8 Å². The van der Waals surface area contributed by atoms with Crippen molar-refractivity contribution < 1.29 is 22.7 Å². The number of halogens is 1. The second-order valence-electron chi connectivity index (χ2n) is 6.89. The topological polar surface area (TPSA) is 93.7 Å². The number of ether oxygens (including phenoxy) is 2. The molecule has 2 aromatic rings. The Labute approximate surface area is 189 Å². The van der Waals surface area contributed by atoms with Crippen LogP contribution in [-0.4, -0.2) is 41.2 Å². The van der Waals surface area contributed by atoms with Crippen LogP contribution in [0, 0.1) is 0 Å². The predicted molar refractivity (Wildman–Crippen MR) is 121 cm³/mol. The van der Waals surface area contributed by atoms with Gasteiger partial charge in [0.1, 0.15) is 10.6 Å². The molecule has 9 heteroatoms. The molecule has 0 aromatic heterocycles. The zero-order chi connectivity index (χ0) is 22.7. The lowest BCUT2D eigenvalue weighted by molar-refractivity contribution is 0.0940. The molecule has 0 atom stereocenters. The summed E-state index contributed by atoms with van der Waals surface area (Å²) in [6, 6.07) is 11.2. The average molecular weight is 469 g/mol. The van der Waals surface area contributed by atoms with Gasteiger partial charge in [0.2, 0.25) is 10.0 Å². The SMILES string of the molecule is CCCCOCCCNC(=O)c1ccc(OC)c(S(=O)(=O)NCc2ccc(Cl)cc2)c1. The van der Waals surface area contributed by atoms with E-state index in [-0.39, 0.29) is 28.7 Å². The summed E-state index contributed by atoms with van der Waals surface area (Å²) in [5, 5.41) is 3.35. The molecule has 2 aromatic carbocycles. The van der Waals surface area contributed by atoms with Crippen molar-refractivity contribution in [1.29, 1.82) is 0 Å². The summed E-state index contributed by atoms with van der Waals surface area (Å²) in [5.41, 5.74) is 0.988. The molecule has 2 N–H and O–H groups in total. The number of benzene rings is 2. The smallest absolute Gasteiger partial charge is 0.251 e. The van der Waals surface area contributed by atoms with Crippen LogP contribution >= 0.6 is 11.6 Å². The lowest BCUT2D eigenvalue weighted by atomic mass is 10.2. The van der Waals surface area contributed by atoms with Gasteiger partial charge in [-0.1, -0.05) is 37.1 Å². The van der Waals surface area contributed by atoms with Crippen LogP contribution in [-0.2, 0) is 21.3 Å². The van der Waals surface area contributed by atoms with Crippen LogP contribution < -0.4 is 14.8 Å². The molecule has 0 saturated heterocycles. The maximum absolute atomic E-state index is 12.8. The molecule has 0 aliphatic heterocycles. The van der Waals surface area contributed by atoms with Crippen molar-refractivity contribution in [3.63, 3.8) is 0 Å². The molecule has 0 spiro atoms. The second kappa shape index (κ2) is 12.7. The van der Waals surface area contributed by atoms with Crippen LogP contribution in [0.25, 0.3) is 0 Å². The van der Waals surface area contributed by atoms with Gasteiger partial charge in [0, 0.05) is 36.9 Å². The van der Waals surface area contributed by atoms with E-state index in [1.165, 1.54) is 25.3 Å². The number of methoxy groups -OCH3 is 1. The minimum absolute atomic E-state index is 0.0805. The number of rotatable bonds is 13. The quantitative estimate of drug-likeness (QED) is 0.436. The molecule has 0 aliphatic rings. The Morgan fingerprint density at radius 1 is 1.06 bits per heavy atom. The fourth-order valence-electron chi connectivity index (χ4n) is 2.71. The minimum atomic E-state index is -3.91. The summed E-state index contributed by atoms with van der Waals surface area (Å²) >= 11 is 5.86. The molecule has 0 radical (unpaired) electrons. The normalized spacial score (nSPS) is 11.3. The molecule has 31 heavy (non-hydrogen) atoms. The van der Waals surface area contributed by atoms with Crippen molar-refractivity contribution >= 4 is 27.5 Å². The lowest BCUT2D eigenvalue weighted by Gasteiger charge is -2.13. The van der Waals surface area contributed by atoms with Crippen molar-refractivity contribution in [3.05, 3.63) is 58.6 Å². The number of sulfonamides is 1. The highest BCUT2D eigenvalue weighted by Gasteiger charge is 2.21. The Kier molecular flexibility index (Phi) is 10.3. The van der Waals surface area contributed by atoms with Gasteiger partial charge in [0.15, 0.2) is 0 Å². The number of carbonyl (C=O) groups is 1. The van der Waals surface area contributed by atoms with Crippen LogP contribution in [0.1, 0.15) is 42.1 Å². The van der Waals surface area contributed by atoms with Gasteiger partial charge in [-0.15, -0.1) is 0 Å². The van der Waals surface area contributed by atoms with Gasteiger partial charge in [-0.2, -0.15) is 0 Å². The fraction of sp³-hybridized carbons (Fsp3) is 0.409. The van der Waals surface area contributed by atoms with E-state index in [4.69, 9.17) is 21.1 Å². The van der Waals surface area contributed by atoms with Crippen LogP contribution in [0.5, 0.6) is 5.75 Å². The van der Waals surface area contributed by atoms with Gasteiger partial charge in [0.05, 0.1) is 7.11 Å². The molecule has 2 rings (SSSR count). The number of amides is 1. The average Bonchev–Trinajstić information content (AvgIpc) is 2.77. The molecular formula is C22H29ClN2O5S. The van der Waals surface area contributed by atoms with Crippen LogP contribution in [0.3, 0.4) is 0 Å². The van der Waals surface area contributed by atoms with Gasteiger partial charge in [0.25, 0.3) is 5.91 Å². The molecule has 0 heterocycles. The molecule has 1 amide bonds. The Bertz CT molecular complexity index is 949. The summed E-state index contributed by atoms with van der Waals surface area (Å²) in [4.78, 5) is 12.4. The predicted octanol–water partition coefficient (Wildman–Crippen LogP) is 3.76. The molecule has 0 fully saturated rings. The van der Waals surface area contributed by atoms with Crippen molar-refractivity contribution in [2.75, 3.05) is 26.9 Å². The zero-order valence-electron chi connectivity index (χ0n) is 17.8. The monoisotopic (exact) mass is 468 g/mol. The molecule has 0 aliphatic carbocycles. The maximum atomic E-state index is 12.8. The summed E-state index contributed by atoms with van der Waals surface area (Å²) in [5.74, 6) is -0.199. The first-order chi connectivity index (χ1) is 14.9. The number of hydrogen-bond donors (Lipinski definition) is 2. The standard InChI is InChI=1S/C22H29ClN2O5S/c1-3-4-13-30-14-5-12-24-22(26)18-8-11-20(29-2)21(15-18)31(27,28)25-16-17-6-9-19(23)10-7-17/h6-11,15,25H,3-5,12-14,16H2,1-2H3,(H,24,26). The molecule has 7 nitrogen and oxygen atoms in total. The molecule has 0 bridgehead atoms. The third-order valence-corrected chi connectivity index (χ3v) is 6.16. The largest absolute Gasteiger partial charge is 0.495 e. The van der Waals surface area contributed by atoms with E-state index in [0.29, 0.717) is 31.2 Å². The van der Waals surface area contributed by atoms with Crippen molar-refractivity contribution in [2.45, 2.75) is 37.6 Å². The minimum Gasteiger partial charge on any atom is -0.495 e. The maximum Gasteiger partial charge on any atom is 0.251 e. The van der Waals surface area contributed by atoms with E-state index < -0.39 is 10.0 Å². The fourth-order valence-corrected chi connectivity index (χ4v) is 4.05. The van der Waals surface area contributed by atoms with Gasteiger partial charge in [-0.3, -0.25) is 4.79 Å². The van der Waals surface area contributed by atoms with Crippen LogP contribution in [0.15, 0.2) is 47.4 Å². The van der Waals surface area contributed by atoms with E-state index in [2.05, 4.69) is 17.0 Å². The third kappa shape index (κ3) is 8.14. The second-order valence-corrected chi connectivity index (χ2v) is 9.06. The van der Waals surface area contributed by atoms with E-state index in [1.54, 1.807) is 24.3 Å². The first-order valence-electron chi connectivity index (χ1n) is 10.2. The zero-order valence-corrected chi connectivity index (χ0v) is 19.4. The number of nitrogens with one attached hydrogen (secondary N) is 2. The van der Waals surface area contributed by atoms with Crippen molar-refractivity contribution in [3.8, 4) is 5.75 Å². The summed E-state index contributed by atoms with van der Waals surface area (Å²) in [6.45, 7) is 3.90. The van der Waals surface area contributed by atoms with E-state index in [9.17, 15) is 13.2 Å². The number of hydrogen-bond acceptors (Lipinski definition) is 5. The first-order valence-corrected chi connectivity index (χ1v) is 12.0. The van der Waals surface area contributed by atoms with E-state index in [1.807, 2.05) is 0 Å². The Morgan fingerprint density at radius 3 is 2.45 bits per heavy atom. The van der Waals surface area contributed by atoms with Crippen molar-refractivity contribution in [2.24, 2.45) is 0 Å². The van der Waals surface area contributed by atoms with Crippen LogP contribution in [0.2, 0.25) is 5.02 Å². The van der Waals surface area contributed by atoms with Crippen LogP contribution in [0.4, 0.5) is 0 Å². The highest BCUT2D eigenvalue weighted by molar-refractivity contribution is 7.89. The Balaban J connectivity index is 2.01. The van der Waals surface area contributed by atoms with E-state index in [0.717, 1.165) is 18.4 Å².